The number of aliphatic hydroxyl groups excluding tert-OH is 2. The van der Waals surface area contributed by atoms with Crippen molar-refractivity contribution in [1.29, 1.82) is 10.5 Å². The van der Waals surface area contributed by atoms with E-state index in [0.717, 1.165) is 0 Å². The van der Waals surface area contributed by atoms with Crippen LogP contribution in [0.2, 0.25) is 0 Å². The van der Waals surface area contributed by atoms with Gasteiger partial charge in [0.2, 0.25) is 0 Å². The number of nitriles is 2. The van der Waals surface area contributed by atoms with Crippen LogP contribution in [0.15, 0.2) is 0 Å². The van der Waals surface area contributed by atoms with Gasteiger partial charge in [-0.05, 0) is 0 Å². The minimum Gasteiger partial charge on any atom is -0.479 e. The summed E-state index contributed by atoms with van der Waals surface area (Å²) in [5.74, 6) is -3.54. The molecule has 0 spiro atoms. The Morgan fingerprint density at radius 1 is 0.929 bits per heavy atom. The molecule has 76 valence electrons. The number of hydrogen-bond donors (Lipinski definition) is 4. The van der Waals surface area contributed by atoms with Gasteiger partial charge in [0, 0.05) is 0 Å². The standard InChI is InChI=1S/C4H6O6.C2N2/c5-1(3(7)8)2(6)4(9)10;3-1-2-4/h1-2,5-6H,(H,7,8)(H,9,10);. The molecule has 0 bridgehead atoms. The van der Waals surface area contributed by atoms with Gasteiger partial charge in [0.25, 0.3) is 0 Å². The summed E-state index contributed by atoms with van der Waals surface area (Å²) in [5.41, 5.74) is 0. The van der Waals surface area contributed by atoms with Crippen molar-refractivity contribution < 1.29 is 30.0 Å². The van der Waals surface area contributed by atoms with E-state index in [4.69, 9.17) is 30.9 Å². The molecule has 0 aromatic carbocycles. The van der Waals surface area contributed by atoms with Gasteiger partial charge in [0.05, 0.1) is 0 Å². The zero-order chi connectivity index (χ0) is 11.7. The number of carboxylic acids is 2. The maximum absolute atomic E-state index is 9.77. The average Bonchev–Trinajstić information content (AvgIpc) is 2.15. The Balaban J connectivity index is 0. The Kier molecular flexibility index (Phi) is 7.68. The molecule has 0 amide bonds. The van der Waals surface area contributed by atoms with Crippen LogP contribution >= 0.6 is 0 Å². The lowest BCUT2D eigenvalue weighted by Crippen LogP contribution is -2.39. The van der Waals surface area contributed by atoms with Gasteiger partial charge < -0.3 is 20.4 Å². The summed E-state index contributed by atoms with van der Waals surface area (Å²) in [6.45, 7) is 0. The third-order valence-electron chi connectivity index (χ3n) is 0.855. The molecule has 8 nitrogen and oxygen atoms in total. The molecule has 2 unspecified atom stereocenters. The van der Waals surface area contributed by atoms with E-state index >= 15 is 0 Å². The lowest BCUT2D eigenvalue weighted by Gasteiger charge is -2.07. The molecule has 0 saturated heterocycles. The van der Waals surface area contributed by atoms with Gasteiger partial charge in [-0.1, -0.05) is 0 Å². The first-order valence-electron chi connectivity index (χ1n) is 2.98. The van der Waals surface area contributed by atoms with Crippen molar-refractivity contribution in [3.05, 3.63) is 0 Å². The summed E-state index contributed by atoms with van der Waals surface area (Å²) in [6, 6.07) is 2.47. The molecule has 0 saturated carbocycles. The van der Waals surface area contributed by atoms with Crippen LogP contribution in [0.4, 0.5) is 0 Å². The van der Waals surface area contributed by atoms with Gasteiger partial charge in [0.1, 0.15) is 0 Å². The third-order valence-corrected chi connectivity index (χ3v) is 0.855. The first-order chi connectivity index (χ1) is 6.38. The molecule has 0 aromatic rings. The average molecular weight is 202 g/mol. The van der Waals surface area contributed by atoms with Gasteiger partial charge in [-0.2, -0.15) is 10.5 Å². The van der Waals surface area contributed by atoms with Crippen LogP contribution in [0.1, 0.15) is 0 Å². The van der Waals surface area contributed by atoms with Crippen LogP contribution in [0.3, 0.4) is 0 Å². The number of hydrogen-bond acceptors (Lipinski definition) is 6. The van der Waals surface area contributed by atoms with E-state index in [-0.39, 0.29) is 0 Å². The summed E-state index contributed by atoms with van der Waals surface area (Å²) in [5, 5.41) is 47.1. The number of carbonyl (C=O) groups is 2. The molecular weight excluding hydrogens is 196 g/mol. The normalized spacial score (nSPS) is 12.0. The van der Waals surface area contributed by atoms with Gasteiger partial charge >= 0.3 is 11.9 Å². The molecule has 14 heavy (non-hydrogen) atoms. The fourth-order valence-corrected chi connectivity index (χ4v) is 0.270. The van der Waals surface area contributed by atoms with Crippen LogP contribution in [-0.4, -0.2) is 44.6 Å². The second kappa shape index (κ2) is 7.49. The van der Waals surface area contributed by atoms with Crippen LogP contribution in [0.5, 0.6) is 0 Å². The van der Waals surface area contributed by atoms with E-state index in [1.807, 2.05) is 0 Å². The molecule has 8 heteroatoms. The number of aliphatic carboxylic acids is 2. The summed E-state index contributed by atoms with van der Waals surface area (Å²) in [6.07, 6.45) is -4.53. The van der Waals surface area contributed by atoms with E-state index in [9.17, 15) is 9.59 Å². The molecule has 0 aliphatic heterocycles. The predicted octanol–water partition coefficient (Wildman–Crippen LogP) is -2.09. The predicted molar refractivity (Wildman–Crippen MR) is 38.5 cm³/mol. The highest BCUT2D eigenvalue weighted by Gasteiger charge is 2.29. The molecule has 0 heterocycles. The first kappa shape index (κ1) is 14.4. The Bertz CT molecular complexity index is 258. The monoisotopic (exact) mass is 202 g/mol. The Morgan fingerprint density at radius 3 is 1.21 bits per heavy atom. The Morgan fingerprint density at radius 2 is 1.14 bits per heavy atom. The van der Waals surface area contributed by atoms with Crippen molar-refractivity contribution >= 4 is 11.9 Å². The molecule has 0 radical (unpaired) electrons. The smallest absolute Gasteiger partial charge is 0.335 e. The summed E-state index contributed by atoms with van der Waals surface area (Å²) in [7, 11) is 0. The second-order valence-electron chi connectivity index (χ2n) is 1.79. The largest absolute Gasteiger partial charge is 0.479 e. The molecule has 0 aliphatic carbocycles. The minimum absolute atomic E-state index is 1.24. The van der Waals surface area contributed by atoms with E-state index in [0.29, 0.717) is 0 Å². The molecule has 0 fully saturated rings. The van der Waals surface area contributed by atoms with Crippen molar-refractivity contribution in [2.75, 3.05) is 0 Å². The fraction of sp³-hybridized carbons (Fsp3) is 0.333. The maximum atomic E-state index is 9.77. The number of nitrogens with zero attached hydrogens (tertiary/aromatic N) is 2. The number of rotatable bonds is 3. The van der Waals surface area contributed by atoms with Gasteiger partial charge in [-0.25, -0.2) is 9.59 Å². The SMILES string of the molecule is N#CC#N.O=C(O)C(O)C(O)C(=O)O. The Labute approximate surface area is 77.9 Å². The van der Waals surface area contributed by atoms with E-state index in [1.165, 1.54) is 12.1 Å². The van der Waals surface area contributed by atoms with Crippen molar-refractivity contribution in [3.8, 4) is 12.1 Å². The van der Waals surface area contributed by atoms with Crippen LogP contribution in [-0.2, 0) is 9.59 Å². The van der Waals surface area contributed by atoms with Crippen molar-refractivity contribution in [1.82, 2.24) is 0 Å². The molecule has 2 atom stereocenters. The fourth-order valence-electron chi connectivity index (χ4n) is 0.270. The van der Waals surface area contributed by atoms with Crippen LogP contribution in [0, 0.1) is 22.7 Å². The second-order valence-corrected chi connectivity index (χ2v) is 1.79. The molecule has 0 rings (SSSR count). The highest BCUT2D eigenvalue weighted by atomic mass is 16.4. The van der Waals surface area contributed by atoms with Crippen molar-refractivity contribution in [2.24, 2.45) is 0 Å². The van der Waals surface area contributed by atoms with Crippen molar-refractivity contribution in [2.45, 2.75) is 12.2 Å². The van der Waals surface area contributed by atoms with E-state index < -0.39 is 24.1 Å². The van der Waals surface area contributed by atoms with Gasteiger partial charge in [-0.15, -0.1) is 0 Å². The number of aliphatic hydroxyl groups is 2. The highest BCUT2D eigenvalue weighted by Crippen LogP contribution is 1.92. The number of carboxylic acid groups (broad SMARTS) is 2. The highest BCUT2D eigenvalue weighted by molar-refractivity contribution is 5.83. The molecule has 0 aliphatic rings. The zero-order valence-electron chi connectivity index (χ0n) is 6.65. The summed E-state index contributed by atoms with van der Waals surface area (Å²) < 4.78 is 0. The summed E-state index contributed by atoms with van der Waals surface area (Å²) >= 11 is 0. The molecule has 0 aromatic heterocycles. The van der Waals surface area contributed by atoms with Crippen LogP contribution < -0.4 is 0 Å². The minimum atomic E-state index is -2.27. The van der Waals surface area contributed by atoms with E-state index in [1.54, 1.807) is 0 Å². The first-order valence-corrected chi connectivity index (χ1v) is 2.98. The molecule has 4 N–H and O–H groups in total. The van der Waals surface area contributed by atoms with E-state index in [2.05, 4.69) is 0 Å². The van der Waals surface area contributed by atoms with Gasteiger partial charge in [-0.3, -0.25) is 0 Å². The van der Waals surface area contributed by atoms with Crippen LogP contribution in [0.25, 0.3) is 0 Å². The topological polar surface area (TPSA) is 163 Å². The zero-order valence-corrected chi connectivity index (χ0v) is 6.65. The quantitative estimate of drug-likeness (QED) is 0.404. The lowest BCUT2D eigenvalue weighted by atomic mass is 10.2. The lowest BCUT2D eigenvalue weighted by molar-refractivity contribution is -0.165. The molecular formula is C6H6N2O6. The van der Waals surface area contributed by atoms with Gasteiger partial charge in [0.15, 0.2) is 24.3 Å². The summed E-state index contributed by atoms with van der Waals surface area (Å²) in [4.78, 5) is 19.5. The van der Waals surface area contributed by atoms with Crippen molar-refractivity contribution in [3.63, 3.8) is 0 Å². The third kappa shape index (κ3) is 6.54. The maximum Gasteiger partial charge on any atom is 0.335 e. The Hall–Kier alpha value is -2.16.